The third kappa shape index (κ3) is 4.18. The Morgan fingerprint density at radius 2 is 2.11 bits per heavy atom. The lowest BCUT2D eigenvalue weighted by Gasteiger charge is -2.40. The third-order valence-electron chi connectivity index (χ3n) is 5.76. The van der Waals surface area contributed by atoms with Crippen LogP contribution in [0.3, 0.4) is 0 Å². The predicted molar refractivity (Wildman–Crippen MR) is 103 cm³/mol. The van der Waals surface area contributed by atoms with Gasteiger partial charge in [0, 0.05) is 24.7 Å². The molecule has 1 N–H and O–H groups in total. The average molecular weight is 383 g/mol. The monoisotopic (exact) mass is 383 g/mol. The number of rotatable bonds is 5. The summed E-state index contributed by atoms with van der Waals surface area (Å²) in [4.78, 5) is 29.5. The largest absolute Gasteiger partial charge is 0.445 e. The standard InChI is InChI=1S/C21H25N3O4/c1-15(25)24-9-6-17(11-21(24)7-8-21)10-16-2-4-18(5-3-16)23-20(26)27-13-19-12-22-14-28-19/h2-5,12,14,17H,6-11,13H2,1H3,(H,23,26). The lowest BCUT2D eigenvalue weighted by atomic mass is 9.84. The molecule has 7 heteroatoms. The third-order valence-corrected chi connectivity index (χ3v) is 5.76. The van der Waals surface area contributed by atoms with Gasteiger partial charge in [-0.3, -0.25) is 10.1 Å². The second-order valence-electron chi connectivity index (χ2n) is 7.82. The molecule has 148 valence electrons. The number of ether oxygens (including phenoxy) is 1. The predicted octanol–water partition coefficient (Wildman–Crippen LogP) is 3.76. The first-order valence-corrected chi connectivity index (χ1v) is 9.72. The van der Waals surface area contributed by atoms with E-state index in [0.717, 1.165) is 38.6 Å². The van der Waals surface area contributed by atoms with Crippen LogP contribution in [-0.4, -0.2) is 34.0 Å². The highest BCUT2D eigenvalue weighted by molar-refractivity contribution is 5.84. The molecule has 1 aromatic heterocycles. The zero-order valence-corrected chi connectivity index (χ0v) is 16.0. The molecule has 1 atom stereocenters. The van der Waals surface area contributed by atoms with Crippen LogP contribution in [0.25, 0.3) is 0 Å². The number of anilines is 1. The Hall–Kier alpha value is -2.83. The summed E-state index contributed by atoms with van der Waals surface area (Å²) in [5.74, 6) is 1.31. The summed E-state index contributed by atoms with van der Waals surface area (Å²) >= 11 is 0. The number of carbonyl (C=O) groups excluding carboxylic acids is 2. The van der Waals surface area contributed by atoms with Gasteiger partial charge in [0.1, 0.15) is 0 Å². The maximum absolute atomic E-state index is 11.8. The van der Waals surface area contributed by atoms with Crippen LogP contribution in [0.4, 0.5) is 10.5 Å². The van der Waals surface area contributed by atoms with Gasteiger partial charge in [0.25, 0.3) is 0 Å². The minimum atomic E-state index is -0.531. The second kappa shape index (κ2) is 7.66. The Bertz CT molecular complexity index is 828. The van der Waals surface area contributed by atoms with Gasteiger partial charge in [-0.15, -0.1) is 0 Å². The van der Waals surface area contributed by atoms with Gasteiger partial charge >= 0.3 is 6.09 Å². The van der Waals surface area contributed by atoms with Crippen molar-refractivity contribution in [3.63, 3.8) is 0 Å². The van der Waals surface area contributed by atoms with E-state index in [-0.39, 0.29) is 18.1 Å². The van der Waals surface area contributed by atoms with E-state index >= 15 is 0 Å². The Morgan fingerprint density at radius 3 is 2.75 bits per heavy atom. The second-order valence-corrected chi connectivity index (χ2v) is 7.82. The molecule has 2 aromatic rings. The normalized spacial score (nSPS) is 20.0. The average Bonchev–Trinajstić information content (AvgIpc) is 3.22. The minimum Gasteiger partial charge on any atom is -0.445 e. The summed E-state index contributed by atoms with van der Waals surface area (Å²) in [5.41, 5.74) is 2.08. The molecule has 1 spiro atoms. The number of piperidine rings is 1. The molecule has 1 aliphatic heterocycles. The van der Waals surface area contributed by atoms with Crippen LogP contribution in [0.1, 0.15) is 43.9 Å². The first-order valence-electron chi connectivity index (χ1n) is 9.72. The van der Waals surface area contributed by atoms with Gasteiger partial charge in [0.15, 0.2) is 18.8 Å². The zero-order valence-electron chi connectivity index (χ0n) is 16.0. The van der Waals surface area contributed by atoms with E-state index < -0.39 is 6.09 Å². The molecule has 2 fully saturated rings. The summed E-state index contributed by atoms with van der Waals surface area (Å²) in [6, 6.07) is 7.87. The quantitative estimate of drug-likeness (QED) is 0.850. The number of oxazole rings is 1. The Kier molecular flexibility index (Phi) is 5.07. The molecule has 1 aromatic carbocycles. The van der Waals surface area contributed by atoms with Crippen LogP contribution in [0.15, 0.2) is 41.3 Å². The number of nitrogens with zero attached hydrogens (tertiary/aromatic N) is 2. The SMILES string of the molecule is CC(=O)N1CCC(Cc2ccc(NC(=O)OCc3cnco3)cc2)CC12CC2. The zero-order chi connectivity index (χ0) is 19.6. The molecule has 2 amide bonds. The van der Waals surface area contributed by atoms with Gasteiger partial charge in [0.05, 0.1) is 6.20 Å². The number of carbonyl (C=O) groups is 2. The van der Waals surface area contributed by atoms with Gasteiger partial charge < -0.3 is 14.1 Å². The fraction of sp³-hybridized carbons (Fsp3) is 0.476. The molecule has 28 heavy (non-hydrogen) atoms. The van der Waals surface area contributed by atoms with Gasteiger partial charge in [-0.05, 0) is 55.7 Å². The molecular weight excluding hydrogens is 358 g/mol. The van der Waals surface area contributed by atoms with E-state index in [1.807, 2.05) is 24.3 Å². The first-order chi connectivity index (χ1) is 13.5. The van der Waals surface area contributed by atoms with E-state index in [2.05, 4.69) is 15.2 Å². The van der Waals surface area contributed by atoms with Crippen molar-refractivity contribution in [2.24, 2.45) is 5.92 Å². The minimum absolute atomic E-state index is 0.0463. The highest BCUT2D eigenvalue weighted by Crippen LogP contribution is 2.50. The van der Waals surface area contributed by atoms with Gasteiger partial charge in [-0.2, -0.15) is 0 Å². The molecular formula is C21H25N3O4. The highest BCUT2D eigenvalue weighted by atomic mass is 16.6. The van der Waals surface area contributed by atoms with E-state index in [4.69, 9.17) is 9.15 Å². The Labute approximate surface area is 164 Å². The summed E-state index contributed by atoms with van der Waals surface area (Å²) in [6.45, 7) is 2.60. The van der Waals surface area contributed by atoms with Crippen LogP contribution < -0.4 is 5.32 Å². The van der Waals surface area contributed by atoms with E-state index in [1.54, 1.807) is 6.92 Å². The number of amides is 2. The van der Waals surface area contributed by atoms with Crippen molar-refractivity contribution < 1.29 is 18.7 Å². The van der Waals surface area contributed by atoms with Crippen molar-refractivity contribution in [2.45, 2.75) is 51.2 Å². The maximum atomic E-state index is 11.8. The number of benzene rings is 1. The summed E-state index contributed by atoms with van der Waals surface area (Å²) in [6.07, 6.45) is 7.71. The van der Waals surface area contributed by atoms with Crippen LogP contribution in [0, 0.1) is 5.92 Å². The lowest BCUT2D eigenvalue weighted by Crippen LogP contribution is -2.47. The molecule has 1 saturated heterocycles. The summed E-state index contributed by atoms with van der Waals surface area (Å²) < 4.78 is 10.1. The summed E-state index contributed by atoms with van der Waals surface area (Å²) in [7, 11) is 0. The van der Waals surface area contributed by atoms with Gasteiger partial charge in [0.2, 0.25) is 5.91 Å². The molecule has 1 saturated carbocycles. The van der Waals surface area contributed by atoms with Crippen molar-refractivity contribution in [3.8, 4) is 0 Å². The summed E-state index contributed by atoms with van der Waals surface area (Å²) in [5, 5.41) is 2.71. The molecule has 1 unspecified atom stereocenters. The van der Waals surface area contributed by atoms with Crippen molar-refractivity contribution in [3.05, 3.63) is 48.2 Å². The van der Waals surface area contributed by atoms with E-state index in [0.29, 0.717) is 17.4 Å². The maximum Gasteiger partial charge on any atom is 0.412 e. The fourth-order valence-corrected chi connectivity index (χ4v) is 4.24. The number of aromatic nitrogens is 1. The molecule has 2 heterocycles. The fourth-order valence-electron chi connectivity index (χ4n) is 4.24. The van der Waals surface area contributed by atoms with Crippen molar-refractivity contribution in [1.29, 1.82) is 0 Å². The molecule has 1 aliphatic carbocycles. The molecule has 0 bridgehead atoms. The van der Waals surface area contributed by atoms with Crippen LogP contribution in [0.5, 0.6) is 0 Å². The number of hydrogen-bond donors (Lipinski definition) is 1. The molecule has 0 radical (unpaired) electrons. The Morgan fingerprint density at radius 1 is 1.32 bits per heavy atom. The molecule has 2 aliphatic rings. The van der Waals surface area contributed by atoms with Crippen LogP contribution >= 0.6 is 0 Å². The Balaban J connectivity index is 1.27. The number of hydrogen-bond acceptors (Lipinski definition) is 5. The van der Waals surface area contributed by atoms with Crippen molar-refractivity contribution >= 4 is 17.7 Å². The molecule has 7 nitrogen and oxygen atoms in total. The first kappa shape index (κ1) is 18.5. The topological polar surface area (TPSA) is 84.7 Å². The highest BCUT2D eigenvalue weighted by Gasteiger charge is 2.52. The van der Waals surface area contributed by atoms with E-state index in [9.17, 15) is 9.59 Å². The van der Waals surface area contributed by atoms with Crippen LogP contribution in [0.2, 0.25) is 0 Å². The van der Waals surface area contributed by atoms with Crippen molar-refractivity contribution in [2.75, 3.05) is 11.9 Å². The molecule has 4 rings (SSSR count). The lowest BCUT2D eigenvalue weighted by molar-refractivity contribution is -0.134. The number of likely N-dealkylation sites (tertiary alicyclic amines) is 1. The van der Waals surface area contributed by atoms with Gasteiger partial charge in [-0.25, -0.2) is 9.78 Å². The smallest absolute Gasteiger partial charge is 0.412 e. The van der Waals surface area contributed by atoms with Crippen LogP contribution in [-0.2, 0) is 22.6 Å². The number of nitrogens with one attached hydrogen (secondary N) is 1. The van der Waals surface area contributed by atoms with E-state index in [1.165, 1.54) is 18.2 Å². The van der Waals surface area contributed by atoms with Gasteiger partial charge in [-0.1, -0.05) is 12.1 Å². The van der Waals surface area contributed by atoms with Crippen molar-refractivity contribution in [1.82, 2.24) is 9.88 Å².